The molecule has 0 spiro atoms. The Morgan fingerprint density at radius 3 is 3.11 bits per heavy atom. The Labute approximate surface area is 56.6 Å². The normalized spacial score (nSPS) is 17.2. The second kappa shape index (κ2) is 3.29. The van der Waals surface area contributed by atoms with Crippen LogP contribution < -0.4 is 0 Å². The third-order valence-electron chi connectivity index (χ3n) is 1.48. The molecule has 0 saturated heterocycles. The Bertz CT molecular complexity index is 159. The van der Waals surface area contributed by atoms with Gasteiger partial charge in [-0.25, -0.2) is 0 Å². The molecule has 0 aromatic rings. The monoisotopic (exact) mass is 120 g/mol. The molecule has 0 bridgehead atoms. The maximum Gasteiger partial charge on any atom is -0.0160 e. The van der Waals surface area contributed by atoms with E-state index in [1.165, 1.54) is 5.57 Å². The van der Waals surface area contributed by atoms with E-state index < -0.39 is 0 Å². The second-order valence-electron chi connectivity index (χ2n) is 2.16. The van der Waals surface area contributed by atoms with Gasteiger partial charge in [-0.1, -0.05) is 42.9 Å². The topological polar surface area (TPSA) is 0 Å². The lowest BCUT2D eigenvalue weighted by Gasteiger charge is -1.90. The number of rotatable bonds is 1. The van der Waals surface area contributed by atoms with Gasteiger partial charge in [0, 0.05) is 0 Å². The van der Waals surface area contributed by atoms with Gasteiger partial charge in [0.05, 0.1) is 0 Å². The van der Waals surface area contributed by atoms with Crippen molar-refractivity contribution in [3.8, 4) is 0 Å². The molecule has 9 heavy (non-hydrogen) atoms. The van der Waals surface area contributed by atoms with E-state index in [1.54, 1.807) is 0 Å². The van der Waals surface area contributed by atoms with Crippen molar-refractivity contribution in [2.75, 3.05) is 0 Å². The van der Waals surface area contributed by atoms with Crippen LogP contribution in [-0.4, -0.2) is 0 Å². The van der Waals surface area contributed by atoms with Crippen molar-refractivity contribution in [1.29, 1.82) is 0 Å². The molecule has 0 heteroatoms. The zero-order valence-electron chi connectivity index (χ0n) is 5.80. The first-order chi connectivity index (χ1) is 4.43. The average molecular weight is 120 g/mol. The summed E-state index contributed by atoms with van der Waals surface area (Å²) in [6, 6.07) is 0. The van der Waals surface area contributed by atoms with Crippen molar-refractivity contribution in [3.63, 3.8) is 0 Å². The lowest BCUT2D eigenvalue weighted by atomic mass is 10.2. The molecule has 0 radical (unpaired) electrons. The van der Waals surface area contributed by atoms with E-state index >= 15 is 0 Å². The zero-order valence-corrected chi connectivity index (χ0v) is 5.80. The molecular formula is C9H12. The van der Waals surface area contributed by atoms with Crippen molar-refractivity contribution in [2.24, 2.45) is 0 Å². The molecule has 0 amide bonds. The molecule has 0 fully saturated rings. The van der Waals surface area contributed by atoms with Gasteiger partial charge in [-0.3, -0.25) is 0 Å². The summed E-state index contributed by atoms with van der Waals surface area (Å²) >= 11 is 0. The molecule has 0 saturated carbocycles. The smallest absolute Gasteiger partial charge is 0.0160 e. The molecule has 0 aliphatic heterocycles. The largest absolute Gasteiger partial charge is 0.0807 e. The molecule has 48 valence electrons. The van der Waals surface area contributed by atoms with Crippen LogP contribution in [-0.2, 0) is 0 Å². The Kier molecular flexibility index (Phi) is 2.32. The minimum atomic E-state index is 1.09. The van der Waals surface area contributed by atoms with Crippen molar-refractivity contribution < 1.29 is 0 Å². The molecule has 0 aromatic carbocycles. The summed E-state index contributed by atoms with van der Waals surface area (Å²) in [5, 5.41) is 0. The summed E-state index contributed by atoms with van der Waals surface area (Å²) in [6.45, 7) is 2.18. The molecule has 1 rings (SSSR count). The molecule has 1 aliphatic carbocycles. The first-order valence-corrected chi connectivity index (χ1v) is 3.45. The average Bonchev–Trinajstić information content (AvgIpc) is 2.13. The van der Waals surface area contributed by atoms with Crippen molar-refractivity contribution in [2.45, 2.75) is 19.8 Å². The van der Waals surface area contributed by atoms with Gasteiger partial charge >= 0.3 is 0 Å². The fourth-order valence-electron chi connectivity index (χ4n) is 0.886. The highest BCUT2D eigenvalue weighted by Crippen LogP contribution is 2.07. The van der Waals surface area contributed by atoms with E-state index in [0.717, 1.165) is 12.8 Å². The minimum absolute atomic E-state index is 1.09. The van der Waals surface area contributed by atoms with E-state index in [0.29, 0.717) is 0 Å². The van der Waals surface area contributed by atoms with Crippen LogP contribution in [0, 0.1) is 0 Å². The predicted molar refractivity (Wildman–Crippen MR) is 41.3 cm³/mol. The Hall–Kier alpha value is -0.780. The molecule has 0 nitrogen and oxygen atoms in total. The van der Waals surface area contributed by atoms with Gasteiger partial charge in [-0.2, -0.15) is 0 Å². The lowest BCUT2D eigenvalue weighted by Crippen LogP contribution is -1.70. The summed E-state index contributed by atoms with van der Waals surface area (Å²) < 4.78 is 0. The van der Waals surface area contributed by atoms with Gasteiger partial charge < -0.3 is 0 Å². The van der Waals surface area contributed by atoms with Gasteiger partial charge in [0.25, 0.3) is 0 Å². The second-order valence-corrected chi connectivity index (χ2v) is 2.16. The molecule has 0 atom stereocenters. The van der Waals surface area contributed by atoms with Crippen LogP contribution in [0.5, 0.6) is 0 Å². The van der Waals surface area contributed by atoms with E-state index in [9.17, 15) is 0 Å². The van der Waals surface area contributed by atoms with Crippen LogP contribution in [0.4, 0.5) is 0 Å². The van der Waals surface area contributed by atoms with E-state index in [2.05, 4.69) is 37.3 Å². The van der Waals surface area contributed by atoms with Crippen LogP contribution in [0.2, 0.25) is 0 Å². The van der Waals surface area contributed by atoms with Gasteiger partial charge in [0.2, 0.25) is 0 Å². The maximum absolute atomic E-state index is 2.26. The maximum atomic E-state index is 2.26. The van der Waals surface area contributed by atoms with E-state index in [1.807, 2.05) is 0 Å². The fourth-order valence-corrected chi connectivity index (χ4v) is 0.886. The number of hydrogen-bond acceptors (Lipinski definition) is 0. The quantitative estimate of drug-likeness (QED) is 0.499. The van der Waals surface area contributed by atoms with Gasteiger partial charge in [0.15, 0.2) is 0 Å². The Morgan fingerprint density at radius 2 is 2.33 bits per heavy atom. The minimum Gasteiger partial charge on any atom is -0.0807 e. The highest BCUT2D eigenvalue weighted by molar-refractivity contribution is 5.25. The van der Waals surface area contributed by atoms with Crippen LogP contribution in [0.1, 0.15) is 19.8 Å². The highest BCUT2D eigenvalue weighted by Gasteiger charge is 1.86. The summed E-state index contributed by atoms with van der Waals surface area (Å²) in [5.74, 6) is 0. The predicted octanol–water partition coefficient (Wildman–Crippen LogP) is 2.84. The first-order valence-electron chi connectivity index (χ1n) is 3.45. The van der Waals surface area contributed by atoms with Crippen LogP contribution >= 0.6 is 0 Å². The summed E-state index contributed by atoms with van der Waals surface area (Å²) in [7, 11) is 0. The Balaban J connectivity index is 2.63. The summed E-state index contributed by atoms with van der Waals surface area (Å²) in [6.07, 6.45) is 13.0. The Morgan fingerprint density at radius 1 is 1.44 bits per heavy atom. The number of allylic oxidation sites excluding steroid dienone is 6. The third kappa shape index (κ3) is 1.88. The zero-order chi connectivity index (χ0) is 6.53. The van der Waals surface area contributed by atoms with E-state index in [4.69, 9.17) is 0 Å². The van der Waals surface area contributed by atoms with Gasteiger partial charge in [-0.05, 0) is 12.8 Å². The molecule has 0 N–H and O–H groups in total. The van der Waals surface area contributed by atoms with Crippen molar-refractivity contribution in [1.82, 2.24) is 0 Å². The van der Waals surface area contributed by atoms with Gasteiger partial charge in [-0.15, -0.1) is 0 Å². The molecule has 0 heterocycles. The molecule has 0 aromatic heterocycles. The summed E-state index contributed by atoms with van der Waals surface area (Å²) in [5.41, 5.74) is 1.44. The molecule has 1 aliphatic rings. The standard InChI is InChI=1S/C9H12/c1-2-9-7-5-3-4-6-8-9/h3-5,7-8H,2,6H2,1H3. The third-order valence-corrected chi connectivity index (χ3v) is 1.48. The molecular weight excluding hydrogens is 108 g/mol. The molecule has 0 unspecified atom stereocenters. The number of hydrogen-bond donors (Lipinski definition) is 0. The fraction of sp³-hybridized carbons (Fsp3) is 0.333. The SMILES string of the molecule is CCC1=CCC=CC=C1. The first kappa shape index (κ1) is 6.34. The van der Waals surface area contributed by atoms with Crippen molar-refractivity contribution >= 4 is 0 Å². The van der Waals surface area contributed by atoms with Crippen LogP contribution in [0.3, 0.4) is 0 Å². The summed E-state index contributed by atoms with van der Waals surface area (Å²) in [4.78, 5) is 0. The van der Waals surface area contributed by atoms with Crippen molar-refractivity contribution in [3.05, 3.63) is 36.0 Å². The van der Waals surface area contributed by atoms with Crippen LogP contribution in [0.15, 0.2) is 36.0 Å². The van der Waals surface area contributed by atoms with Gasteiger partial charge in [0.1, 0.15) is 0 Å². The van der Waals surface area contributed by atoms with Crippen LogP contribution in [0.25, 0.3) is 0 Å². The highest BCUT2D eigenvalue weighted by atomic mass is 13.9. The lowest BCUT2D eigenvalue weighted by molar-refractivity contribution is 1.13. The van der Waals surface area contributed by atoms with E-state index in [-0.39, 0.29) is 0 Å².